The number of fused-ring (bicyclic) bond motifs is 6. The summed E-state index contributed by atoms with van der Waals surface area (Å²) in [6, 6.07) is 54.2. The molecule has 0 saturated heterocycles. The van der Waals surface area contributed by atoms with Gasteiger partial charge in [-0.15, -0.1) is 23.5 Å². The first-order chi connectivity index (χ1) is 39.2. The number of hydrogen-bond donors (Lipinski definition) is 1. The molecule has 2 aromatic heterocycles. The van der Waals surface area contributed by atoms with Gasteiger partial charge in [0.25, 0.3) is 0 Å². The third-order valence-electron chi connectivity index (χ3n) is 14.4. The zero-order chi connectivity index (χ0) is 57.3. The largest absolute Gasteiger partial charge is 0.411 e. The number of aromatic nitrogens is 2. The summed E-state index contributed by atoms with van der Waals surface area (Å²) in [4.78, 5) is 72.5. The normalized spacial score (nSPS) is 11.6. The van der Waals surface area contributed by atoms with Crippen LogP contribution in [0.5, 0.6) is 0 Å². The fraction of sp³-hybridized carbons (Fsp3) is 0.203. The third-order valence-corrected chi connectivity index (χ3v) is 16.4. The Kier molecular flexibility index (Phi) is 19.4. The number of benzene rings is 8. The molecule has 0 bridgehead atoms. The minimum absolute atomic E-state index is 0. The molecule has 0 aliphatic rings. The Morgan fingerprint density at radius 3 is 1.20 bits per heavy atom. The van der Waals surface area contributed by atoms with Crippen molar-refractivity contribution < 1.29 is 34.0 Å². The van der Waals surface area contributed by atoms with E-state index in [0.29, 0.717) is 57.7 Å². The van der Waals surface area contributed by atoms with E-state index in [2.05, 4.69) is 45.4 Å². The van der Waals surface area contributed by atoms with E-state index in [1.807, 2.05) is 173 Å². The van der Waals surface area contributed by atoms with Crippen LogP contribution in [0.4, 0.5) is 0 Å². The SMILES string of the molecule is C.CCn1c2ccc(C(=O)/C(CCSc3ccc(C)cc3)=N/O)cc2c2cc(C(=O)c3ccccc3C)ccc21.CCn1c2ccc(C(=O)/C(CCSc3ccc(C)cc3)=N/OC(C)=O)cc2c2cc(C(=O)c3ccccc3C)ccc21. The molecule has 2 heterocycles. The third kappa shape index (κ3) is 13.1. The van der Waals surface area contributed by atoms with Crippen molar-refractivity contribution in [3.05, 3.63) is 225 Å². The lowest BCUT2D eigenvalue weighted by Gasteiger charge is -2.07. The second-order valence-electron chi connectivity index (χ2n) is 19.9. The van der Waals surface area contributed by atoms with Crippen LogP contribution in [-0.2, 0) is 22.7 Å². The minimum atomic E-state index is -0.584. The van der Waals surface area contributed by atoms with Gasteiger partial charge >= 0.3 is 5.97 Å². The van der Waals surface area contributed by atoms with Crippen LogP contribution >= 0.6 is 23.5 Å². The lowest BCUT2D eigenvalue weighted by Crippen LogP contribution is -2.16. The molecule has 11 nitrogen and oxygen atoms in total. The Hall–Kier alpha value is -8.65. The average molecular weight is 1130 g/mol. The highest BCUT2D eigenvalue weighted by Gasteiger charge is 2.22. The molecule has 0 fully saturated rings. The maximum atomic E-state index is 13.7. The van der Waals surface area contributed by atoms with E-state index in [1.165, 1.54) is 18.1 Å². The molecule has 10 rings (SSSR count). The summed E-state index contributed by atoms with van der Waals surface area (Å²) in [7, 11) is 0. The zero-order valence-electron chi connectivity index (χ0n) is 46.4. The number of oxime groups is 2. The number of carbonyl (C=O) groups excluding carboxylic acids is 5. The standard InChI is InChI=1S/C35H32N2O4S.C33H30N2O3S.CH4/c1-5-37-32-16-12-25(34(39)28-9-7-6-8-23(28)3)20-29(32)30-21-26(13-17-33(30)37)35(40)31(36-41-24(4)38)18-19-42-27-14-10-22(2)11-15-27;1-4-35-30-15-11-23(32(36)26-8-6-5-7-22(26)3)19-27(30)28-20-24(12-16-31(28)35)33(37)29(34-38)17-18-39-25-13-9-21(2)10-14-25;/h6-17,20-21H,5,18-19H2,1-4H3;5-16,19-20,38H,4,17-18H2,1-3H3;1H4/b36-31+;34-29+;. The van der Waals surface area contributed by atoms with Crippen molar-refractivity contribution in [2.24, 2.45) is 10.3 Å². The lowest BCUT2D eigenvalue weighted by molar-refractivity contribution is -0.140. The Bertz CT molecular complexity index is 4110. The van der Waals surface area contributed by atoms with Gasteiger partial charge < -0.3 is 19.2 Å². The maximum Gasteiger partial charge on any atom is 0.331 e. The number of thioether (sulfide) groups is 2. The van der Waals surface area contributed by atoms with Gasteiger partial charge in [-0.1, -0.05) is 102 Å². The van der Waals surface area contributed by atoms with Gasteiger partial charge in [-0.05, 0) is 150 Å². The Labute approximate surface area is 487 Å². The molecular formula is C69H66N4O7S2. The molecule has 416 valence electrons. The van der Waals surface area contributed by atoms with Crippen LogP contribution in [-0.4, -0.2) is 66.4 Å². The van der Waals surface area contributed by atoms with E-state index in [9.17, 15) is 29.2 Å². The number of nitrogens with zero attached hydrogens (tertiary/aromatic N) is 4. The van der Waals surface area contributed by atoms with Crippen molar-refractivity contribution >= 4 is 108 Å². The van der Waals surface area contributed by atoms with Crippen molar-refractivity contribution in [1.29, 1.82) is 0 Å². The van der Waals surface area contributed by atoms with Crippen LogP contribution in [0.25, 0.3) is 43.6 Å². The first-order valence-corrected chi connectivity index (χ1v) is 28.9. The van der Waals surface area contributed by atoms with E-state index < -0.39 is 5.97 Å². The highest BCUT2D eigenvalue weighted by molar-refractivity contribution is 7.99. The number of Topliss-reactive ketones (excluding diaryl/α,β-unsaturated/α-hetero) is 2. The van der Waals surface area contributed by atoms with E-state index in [0.717, 1.165) is 77.6 Å². The van der Waals surface area contributed by atoms with E-state index >= 15 is 0 Å². The predicted molar refractivity (Wildman–Crippen MR) is 336 cm³/mol. The zero-order valence-corrected chi connectivity index (χ0v) is 48.0. The maximum absolute atomic E-state index is 13.7. The fourth-order valence-corrected chi connectivity index (χ4v) is 11.8. The van der Waals surface area contributed by atoms with Gasteiger partial charge in [0.15, 0.2) is 11.6 Å². The Balaban J connectivity index is 0.000000213. The summed E-state index contributed by atoms with van der Waals surface area (Å²) >= 11 is 3.23. The molecule has 0 radical (unpaired) electrons. The number of aryl methyl sites for hydroxylation is 6. The smallest absolute Gasteiger partial charge is 0.331 e. The summed E-state index contributed by atoms with van der Waals surface area (Å²) in [5, 5.41) is 20.5. The van der Waals surface area contributed by atoms with Gasteiger partial charge in [-0.2, -0.15) is 0 Å². The van der Waals surface area contributed by atoms with Crippen LogP contribution < -0.4 is 0 Å². The second-order valence-corrected chi connectivity index (χ2v) is 22.2. The Morgan fingerprint density at radius 1 is 0.476 bits per heavy atom. The monoisotopic (exact) mass is 1130 g/mol. The molecule has 13 heteroatoms. The first kappa shape index (κ1) is 59.5. The molecule has 0 atom stereocenters. The van der Waals surface area contributed by atoms with E-state index in [1.54, 1.807) is 35.7 Å². The topological polar surface area (TPSA) is 149 Å². The second kappa shape index (κ2) is 26.7. The molecule has 0 aliphatic carbocycles. The van der Waals surface area contributed by atoms with Gasteiger partial charge in [-0.25, -0.2) is 4.79 Å². The molecule has 0 spiro atoms. The van der Waals surface area contributed by atoms with Crippen molar-refractivity contribution in [1.82, 2.24) is 9.13 Å². The molecule has 8 aromatic carbocycles. The van der Waals surface area contributed by atoms with Crippen LogP contribution in [0.3, 0.4) is 0 Å². The van der Waals surface area contributed by atoms with Gasteiger partial charge in [0.1, 0.15) is 11.4 Å². The minimum Gasteiger partial charge on any atom is -0.411 e. The first-order valence-electron chi connectivity index (χ1n) is 26.9. The lowest BCUT2D eigenvalue weighted by atomic mass is 9.97. The number of carbonyl (C=O) groups is 5. The molecule has 10 aromatic rings. The summed E-state index contributed by atoms with van der Waals surface area (Å²) in [6.07, 6.45) is 0.673. The van der Waals surface area contributed by atoms with Gasteiger partial charge in [-0.3, -0.25) is 19.2 Å². The highest BCUT2D eigenvalue weighted by Crippen LogP contribution is 2.34. The molecule has 0 unspecified atom stereocenters. The molecule has 0 saturated carbocycles. The number of ketones is 4. The van der Waals surface area contributed by atoms with Crippen molar-refractivity contribution in [3.63, 3.8) is 0 Å². The van der Waals surface area contributed by atoms with Crippen LogP contribution in [0.1, 0.15) is 116 Å². The van der Waals surface area contributed by atoms with Crippen LogP contribution in [0, 0.1) is 27.7 Å². The number of rotatable bonds is 19. The van der Waals surface area contributed by atoms with E-state index in [-0.39, 0.29) is 42.0 Å². The molecular weight excluding hydrogens is 1060 g/mol. The molecule has 1 N–H and O–H groups in total. The number of hydrogen-bond acceptors (Lipinski definition) is 11. The van der Waals surface area contributed by atoms with E-state index in [4.69, 9.17) is 4.84 Å². The molecule has 82 heavy (non-hydrogen) atoms. The van der Waals surface area contributed by atoms with Crippen molar-refractivity contribution in [2.75, 3.05) is 11.5 Å². The fourth-order valence-electron chi connectivity index (χ4n) is 10.1. The van der Waals surface area contributed by atoms with Gasteiger partial charge in [0, 0.05) is 131 Å². The van der Waals surface area contributed by atoms with Gasteiger partial charge in [0.2, 0.25) is 11.6 Å². The van der Waals surface area contributed by atoms with Gasteiger partial charge in [0.05, 0.1) is 0 Å². The average Bonchev–Trinajstić information content (AvgIpc) is 2.87. The van der Waals surface area contributed by atoms with Crippen molar-refractivity contribution in [2.45, 2.75) is 91.6 Å². The molecule has 0 amide bonds. The van der Waals surface area contributed by atoms with Crippen LogP contribution in [0.2, 0.25) is 0 Å². The summed E-state index contributed by atoms with van der Waals surface area (Å²) in [5.74, 6) is -0.0338. The van der Waals surface area contributed by atoms with Crippen LogP contribution in [0.15, 0.2) is 190 Å². The quantitative estimate of drug-likeness (QED) is 0.0208. The predicted octanol–water partition coefficient (Wildman–Crippen LogP) is 16.4. The molecule has 0 aliphatic heterocycles. The summed E-state index contributed by atoms with van der Waals surface area (Å²) < 4.78 is 4.35. The van der Waals surface area contributed by atoms with Crippen molar-refractivity contribution in [3.8, 4) is 0 Å². The highest BCUT2D eigenvalue weighted by atomic mass is 32.2. The Morgan fingerprint density at radius 2 is 0.829 bits per heavy atom. The summed E-state index contributed by atoms with van der Waals surface area (Å²) in [6.45, 7) is 14.8. The summed E-state index contributed by atoms with van der Waals surface area (Å²) in [5.41, 5.74) is 11.9.